The Balaban J connectivity index is 2.66. The van der Waals surface area contributed by atoms with Crippen molar-refractivity contribution in [1.29, 1.82) is 0 Å². The third kappa shape index (κ3) is 2.70. The summed E-state index contributed by atoms with van der Waals surface area (Å²) in [5, 5.41) is 1.63. The first kappa shape index (κ1) is 14.6. The van der Waals surface area contributed by atoms with Gasteiger partial charge >= 0.3 is 0 Å². The molecule has 0 radical (unpaired) electrons. The lowest BCUT2D eigenvalue weighted by atomic mass is 10.0. The summed E-state index contributed by atoms with van der Waals surface area (Å²) < 4.78 is 1.74. The lowest BCUT2D eigenvalue weighted by Gasteiger charge is -2.28. The normalized spacial score (nSPS) is 13.3. The minimum atomic E-state index is 0.00106. The van der Waals surface area contributed by atoms with Crippen LogP contribution in [0.15, 0.2) is 35.1 Å². The van der Waals surface area contributed by atoms with E-state index in [0.717, 1.165) is 17.3 Å². The summed E-state index contributed by atoms with van der Waals surface area (Å²) in [7, 11) is 4.02. The molecule has 20 heavy (non-hydrogen) atoms. The third-order valence-corrected chi connectivity index (χ3v) is 3.64. The van der Waals surface area contributed by atoms with Gasteiger partial charge in [-0.15, -0.1) is 0 Å². The SMILES string of the molecule is CC(C)C(CN(C)C)n1c(N)cc2ccccc2c1=O. The Morgan fingerprint density at radius 3 is 2.50 bits per heavy atom. The van der Waals surface area contributed by atoms with Crippen LogP contribution in [0.4, 0.5) is 5.82 Å². The first-order valence-electron chi connectivity index (χ1n) is 6.96. The van der Waals surface area contributed by atoms with Gasteiger partial charge in [0, 0.05) is 11.9 Å². The van der Waals surface area contributed by atoms with Crippen LogP contribution in [-0.4, -0.2) is 30.1 Å². The van der Waals surface area contributed by atoms with Gasteiger partial charge in [0.1, 0.15) is 5.82 Å². The summed E-state index contributed by atoms with van der Waals surface area (Å²) >= 11 is 0. The molecular formula is C16H23N3O. The highest BCUT2D eigenvalue weighted by molar-refractivity contribution is 5.83. The molecule has 4 nitrogen and oxygen atoms in total. The Labute approximate surface area is 119 Å². The van der Waals surface area contributed by atoms with E-state index in [1.165, 1.54) is 0 Å². The van der Waals surface area contributed by atoms with Crippen LogP contribution >= 0.6 is 0 Å². The summed E-state index contributed by atoms with van der Waals surface area (Å²) in [6.07, 6.45) is 0. The van der Waals surface area contributed by atoms with E-state index in [2.05, 4.69) is 18.7 Å². The van der Waals surface area contributed by atoms with E-state index in [0.29, 0.717) is 11.7 Å². The summed E-state index contributed by atoms with van der Waals surface area (Å²) in [5.74, 6) is 0.868. The number of hydrogen-bond acceptors (Lipinski definition) is 3. The van der Waals surface area contributed by atoms with E-state index in [1.54, 1.807) is 4.57 Å². The van der Waals surface area contributed by atoms with E-state index < -0.39 is 0 Å². The molecule has 1 atom stereocenters. The Morgan fingerprint density at radius 2 is 1.90 bits per heavy atom. The van der Waals surface area contributed by atoms with Gasteiger partial charge in [0.2, 0.25) is 0 Å². The van der Waals surface area contributed by atoms with E-state index in [4.69, 9.17) is 5.73 Å². The lowest BCUT2D eigenvalue weighted by Crippen LogP contribution is -2.36. The average molecular weight is 273 g/mol. The van der Waals surface area contributed by atoms with Crippen molar-refractivity contribution in [2.45, 2.75) is 19.9 Å². The number of nitrogens with two attached hydrogens (primary N) is 1. The zero-order chi connectivity index (χ0) is 14.9. The van der Waals surface area contributed by atoms with Crippen molar-refractivity contribution < 1.29 is 0 Å². The number of fused-ring (bicyclic) bond motifs is 1. The summed E-state index contributed by atoms with van der Waals surface area (Å²) in [6.45, 7) is 5.03. The molecule has 108 valence electrons. The number of anilines is 1. The van der Waals surface area contributed by atoms with E-state index >= 15 is 0 Å². The smallest absolute Gasteiger partial charge is 0.260 e. The Bertz CT molecular complexity index is 658. The maximum absolute atomic E-state index is 12.7. The molecule has 2 N–H and O–H groups in total. The predicted octanol–water partition coefficient (Wildman–Crippen LogP) is 2.34. The number of rotatable bonds is 4. The number of nitrogens with zero attached hydrogens (tertiary/aromatic N) is 2. The molecule has 0 bridgehead atoms. The number of hydrogen-bond donors (Lipinski definition) is 1. The molecule has 0 aliphatic heterocycles. The quantitative estimate of drug-likeness (QED) is 0.930. The van der Waals surface area contributed by atoms with Crippen molar-refractivity contribution >= 4 is 16.6 Å². The molecule has 1 aromatic heterocycles. The second kappa shape index (κ2) is 5.67. The molecule has 2 aromatic rings. The van der Waals surface area contributed by atoms with Gasteiger partial charge in [0.15, 0.2) is 0 Å². The number of benzene rings is 1. The van der Waals surface area contributed by atoms with Crippen LogP contribution < -0.4 is 11.3 Å². The number of pyridine rings is 1. The van der Waals surface area contributed by atoms with Crippen LogP contribution in [0, 0.1) is 5.92 Å². The molecule has 0 aliphatic carbocycles. The molecule has 0 fully saturated rings. The van der Waals surface area contributed by atoms with Crippen LogP contribution in [0.25, 0.3) is 10.8 Å². The van der Waals surface area contributed by atoms with Crippen LogP contribution in [0.5, 0.6) is 0 Å². The number of likely N-dealkylation sites (N-methyl/N-ethyl adjacent to an activating group) is 1. The van der Waals surface area contributed by atoms with Gasteiger partial charge in [-0.2, -0.15) is 0 Å². The highest BCUT2D eigenvalue weighted by Gasteiger charge is 2.20. The van der Waals surface area contributed by atoms with E-state index in [1.807, 2.05) is 44.4 Å². The summed E-state index contributed by atoms with van der Waals surface area (Å²) in [5.41, 5.74) is 6.15. The van der Waals surface area contributed by atoms with Crippen molar-refractivity contribution in [3.8, 4) is 0 Å². The Kier molecular flexibility index (Phi) is 4.14. The van der Waals surface area contributed by atoms with E-state index in [9.17, 15) is 4.79 Å². The molecule has 1 unspecified atom stereocenters. The fraction of sp³-hybridized carbons (Fsp3) is 0.438. The van der Waals surface area contributed by atoms with Crippen LogP contribution in [0.1, 0.15) is 19.9 Å². The zero-order valence-electron chi connectivity index (χ0n) is 12.6. The zero-order valence-corrected chi connectivity index (χ0v) is 12.6. The van der Waals surface area contributed by atoms with Gasteiger partial charge in [0.05, 0.1) is 6.04 Å². The van der Waals surface area contributed by atoms with Gasteiger partial charge in [-0.3, -0.25) is 9.36 Å². The van der Waals surface area contributed by atoms with Crippen LogP contribution in [-0.2, 0) is 0 Å². The number of aromatic nitrogens is 1. The second-order valence-corrected chi connectivity index (χ2v) is 5.91. The van der Waals surface area contributed by atoms with Gasteiger partial charge < -0.3 is 10.6 Å². The first-order chi connectivity index (χ1) is 9.41. The molecule has 4 heteroatoms. The van der Waals surface area contributed by atoms with Crippen molar-refractivity contribution in [3.63, 3.8) is 0 Å². The van der Waals surface area contributed by atoms with Crippen molar-refractivity contribution in [2.24, 2.45) is 5.92 Å². The van der Waals surface area contributed by atoms with Gasteiger partial charge in [0.25, 0.3) is 5.56 Å². The minimum Gasteiger partial charge on any atom is -0.385 e. The highest BCUT2D eigenvalue weighted by Crippen LogP contribution is 2.22. The highest BCUT2D eigenvalue weighted by atomic mass is 16.1. The Hall–Kier alpha value is -1.81. The van der Waals surface area contributed by atoms with E-state index in [-0.39, 0.29) is 11.6 Å². The monoisotopic (exact) mass is 273 g/mol. The average Bonchev–Trinajstić information content (AvgIpc) is 2.37. The maximum Gasteiger partial charge on any atom is 0.260 e. The van der Waals surface area contributed by atoms with Gasteiger partial charge in [-0.1, -0.05) is 32.0 Å². The molecule has 1 heterocycles. The summed E-state index contributed by atoms with van der Waals surface area (Å²) in [4.78, 5) is 14.8. The van der Waals surface area contributed by atoms with Crippen molar-refractivity contribution in [1.82, 2.24) is 9.47 Å². The minimum absolute atomic E-state index is 0.00106. The third-order valence-electron chi connectivity index (χ3n) is 3.64. The fourth-order valence-electron chi connectivity index (χ4n) is 2.60. The maximum atomic E-state index is 12.7. The van der Waals surface area contributed by atoms with Crippen LogP contribution in [0.2, 0.25) is 0 Å². The molecular weight excluding hydrogens is 250 g/mol. The topological polar surface area (TPSA) is 51.3 Å². The lowest BCUT2D eigenvalue weighted by molar-refractivity contribution is 0.268. The molecule has 1 aromatic carbocycles. The van der Waals surface area contributed by atoms with Crippen molar-refractivity contribution in [3.05, 3.63) is 40.7 Å². The molecule has 0 saturated heterocycles. The first-order valence-corrected chi connectivity index (χ1v) is 6.96. The number of nitrogen functional groups attached to an aromatic ring is 1. The molecule has 2 rings (SSSR count). The second-order valence-electron chi connectivity index (χ2n) is 5.91. The van der Waals surface area contributed by atoms with Gasteiger partial charge in [-0.05, 0) is 37.5 Å². The molecule has 0 aliphatic rings. The predicted molar refractivity (Wildman–Crippen MR) is 85.0 cm³/mol. The standard InChI is InChI=1S/C16H23N3O/c1-11(2)14(10-18(3)4)19-15(17)9-12-7-5-6-8-13(12)16(19)20/h5-9,11,14H,10,17H2,1-4H3. The molecule has 0 amide bonds. The largest absolute Gasteiger partial charge is 0.385 e. The Morgan fingerprint density at radius 1 is 1.25 bits per heavy atom. The molecule has 0 spiro atoms. The van der Waals surface area contributed by atoms with Gasteiger partial charge in [-0.25, -0.2) is 0 Å². The molecule has 0 saturated carbocycles. The van der Waals surface area contributed by atoms with Crippen LogP contribution in [0.3, 0.4) is 0 Å². The fourth-order valence-corrected chi connectivity index (χ4v) is 2.60. The summed E-state index contributed by atoms with van der Waals surface area (Å²) in [6, 6.07) is 9.56. The van der Waals surface area contributed by atoms with Crippen molar-refractivity contribution in [2.75, 3.05) is 26.4 Å².